The van der Waals surface area contributed by atoms with Crippen molar-refractivity contribution in [3.05, 3.63) is 132 Å². The van der Waals surface area contributed by atoms with Crippen molar-refractivity contribution >= 4 is 0 Å². The molecule has 28 heavy (non-hydrogen) atoms. The third-order valence-corrected chi connectivity index (χ3v) is 5.46. The van der Waals surface area contributed by atoms with E-state index in [4.69, 9.17) is 4.74 Å². The molecule has 2 atom stereocenters. The van der Waals surface area contributed by atoms with Crippen molar-refractivity contribution in [2.24, 2.45) is 5.41 Å². The molecular formula is C27H26O. The molecule has 2 unspecified atom stereocenters. The minimum absolute atomic E-state index is 0.0553. The summed E-state index contributed by atoms with van der Waals surface area (Å²) in [5, 5.41) is 0. The lowest BCUT2D eigenvalue weighted by Gasteiger charge is -2.38. The van der Waals surface area contributed by atoms with Gasteiger partial charge < -0.3 is 4.74 Å². The maximum atomic E-state index is 6.97. The minimum Gasteiger partial charge on any atom is -0.360 e. The molecular weight excluding hydrogens is 340 g/mol. The summed E-state index contributed by atoms with van der Waals surface area (Å²) in [6.07, 6.45) is 9.57. The van der Waals surface area contributed by atoms with Crippen molar-refractivity contribution in [2.45, 2.75) is 25.6 Å². The van der Waals surface area contributed by atoms with Crippen LogP contribution in [0.2, 0.25) is 0 Å². The maximum Gasteiger partial charge on any atom is 0.108 e. The van der Waals surface area contributed by atoms with Crippen molar-refractivity contribution in [2.75, 3.05) is 0 Å². The van der Waals surface area contributed by atoms with Gasteiger partial charge in [0.15, 0.2) is 0 Å². The predicted molar refractivity (Wildman–Crippen MR) is 116 cm³/mol. The van der Waals surface area contributed by atoms with Crippen LogP contribution in [0.1, 0.15) is 42.2 Å². The van der Waals surface area contributed by atoms with Crippen LogP contribution < -0.4 is 0 Å². The SMILES string of the molecule is CC1(C(OC(c2ccccc2)c2ccccc2)c2ccccc2)C=CC=CC1. The zero-order valence-corrected chi connectivity index (χ0v) is 16.2. The summed E-state index contributed by atoms with van der Waals surface area (Å²) in [6, 6.07) is 31.6. The Morgan fingerprint density at radius 1 is 0.679 bits per heavy atom. The summed E-state index contributed by atoms with van der Waals surface area (Å²) < 4.78 is 6.97. The zero-order chi connectivity index (χ0) is 19.2. The lowest BCUT2D eigenvalue weighted by Crippen LogP contribution is -2.28. The molecule has 0 fully saturated rings. The van der Waals surface area contributed by atoms with E-state index in [1.807, 2.05) is 0 Å². The van der Waals surface area contributed by atoms with E-state index in [9.17, 15) is 0 Å². The van der Waals surface area contributed by atoms with Crippen LogP contribution >= 0.6 is 0 Å². The van der Waals surface area contributed by atoms with Crippen molar-refractivity contribution in [1.82, 2.24) is 0 Å². The van der Waals surface area contributed by atoms with Gasteiger partial charge in [0, 0.05) is 5.41 Å². The van der Waals surface area contributed by atoms with E-state index in [-0.39, 0.29) is 17.6 Å². The Hall–Kier alpha value is -2.90. The number of rotatable bonds is 6. The number of hydrogen-bond donors (Lipinski definition) is 0. The summed E-state index contributed by atoms with van der Waals surface area (Å²) in [6.45, 7) is 2.29. The van der Waals surface area contributed by atoms with E-state index in [1.54, 1.807) is 0 Å². The summed E-state index contributed by atoms with van der Waals surface area (Å²) in [5.74, 6) is 0. The topological polar surface area (TPSA) is 9.23 Å². The number of benzene rings is 3. The van der Waals surface area contributed by atoms with Gasteiger partial charge in [0.1, 0.15) is 6.10 Å². The van der Waals surface area contributed by atoms with Gasteiger partial charge in [-0.2, -0.15) is 0 Å². The summed E-state index contributed by atoms with van der Waals surface area (Å²) in [5.41, 5.74) is 3.46. The van der Waals surface area contributed by atoms with Gasteiger partial charge in [-0.25, -0.2) is 0 Å². The molecule has 0 heterocycles. The normalized spacial score (nSPS) is 19.6. The highest BCUT2D eigenvalue weighted by Crippen LogP contribution is 2.46. The first kappa shape index (κ1) is 18.5. The fraction of sp³-hybridized carbons (Fsp3) is 0.185. The molecule has 3 aromatic rings. The Labute approximate surface area is 168 Å². The highest BCUT2D eigenvalue weighted by molar-refractivity contribution is 5.32. The molecule has 0 aromatic heterocycles. The Balaban J connectivity index is 1.76. The van der Waals surface area contributed by atoms with Gasteiger partial charge in [0.05, 0.1) is 6.10 Å². The Kier molecular flexibility index (Phi) is 5.55. The maximum absolute atomic E-state index is 6.97. The second-order valence-electron chi connectivity index (χ2n) is 7.63. The predicted octanol–water partition coefficient (Wildman–Crippen LogP) is 7.06. The van der Waals surface area contributed by atoms with Gasteiger partial charge in [0.2, 0.25) is 0 Å². The molecule has 0 radical (unpaired) electrons. The van der Waals surface area contributed by atoms with Gasteiger partial charge in [-0.3, -0.25) is 0 Å². The largest absolute Gasteiger partial charge is 0.360 e. The molecule has 1 nitrogen and oxygen atoms in total. The van der Waals surface area contributed by atoms with Crippen LogP contribution in [-0.4, -0.2) is 0 Å². The van der Waals surface area contributed by atoms with Crippen LogP contribution in [0.25, 0.3) is 0 Å². The van der Waals surface area contributed by atoms with Gasteiger partial charge in [-0.05, 0) is 23.1 Å². The molecule has 1 aliphatic carbocycles. The average Bonchev–Trinajstić information content (AvgIpc) is 2.77. The second kappa shape index (κ2) is 8.41. The minimum atomic E-state index is -0.122. The molecule has 140 valence electrons. The van der Waals surface area contributed by atoms with E-state index < -0.39 is 0 Å². The first-order valence-electron chi connectivity index (χ1n) is 9.91. The van der Waals surface area contributed by atoms with Gasteiger partial charge in [0.25, 0.3) is 0 Å². The molecule has 1 heteroatoms. The lowest BCUT2D eigenvalue weighted by atomic mass is 9.75. The molecule has 0 saturated carbocycles. The fourth-order valence-electron chi connectivity index (χ4n) is 3.92. The molecule has 0 bridgehead atoms. The van der Waals surface area contributed by atoms with E-state index >= 15 is 0 Å². The Morgan fingerprint density at radius 2 is 1.18 bits per heavy atom. The average molecular weight is 367 g/mol. The Bertz CT molecular complexity index is 888. The highest BCUT2D eigenvalue weighted by atomic mass is 16.5. The smallest absolute Gasteiger partial charge is 0.108 e. The molecule has 1 aliphatic rings. The molecule has 0 amide bonds. The monoisotopic (exact) mass is 366 g/mol. The van der Waals surface area contributed by atoms with Crippen LogP contribution in [0.4, 0.5) is 0 Å². The van der Waals surface area contributed by atoms with Crippen LogP contribution in [0, 0.1) is 5.41 Å². The van der Waals surface area contributed by atoms with Gasteiger partial charge in [-0.1, -0.05) is 122 Å². The third kappa shape index (κ3) is 4.00. The fourth-order valence-corrected chi connectivity index (χ4v) is 3.92. The van der Waals surface area contributed by atoms with Crippen molar-refractivity contribution in [1.29, 1.82) is 0 Å². The van der Waals surface area contributed by atoms with Gasteiger partial charge >= 0.3 is 0 Å². The molecule has 3 aromatic carbocycles. The van der Waals surface area contributed by atoms with E-state index in [2.05, 4.69) is 122 Å². The zero-order valence-electron chi connectivity index (χ0n) is 16.2. The lowest BCUT2D eigenvalue weighted by molar-refractivity contribution is -0.0498. The van der Waals surface area contributed by atoms with Crippen LogP contribution in [0.15, 0.2) is 115 Å². The summed E-state index contributed by atoms with van der Waals surface area (Å²) >= 11 is 0. The van der Waals surface area contributed by atoms with Crippen molar-refractivity contribution < 1.29 is 4.74 Å². The van der Waals surface area contributed by atoms with Crippen LogP contribution in [0.5, 0.6) is 0 Å². The van der Waals surface area contributed by atoms with E-state index in [0.717, 1.165) is 6.42 Å². The number of ether oxygens (including phenoxy) is 1. The standard InChI is InChI=1S/C27H26O/c1-27(20-12-5-13-21-27)26(24-18-10-4-11-19-24)28-25(22-14-6-2-7-15-22)23-16-8-3-9-17-23/h2-20,25-26H,21H2,1H3. The quantitative estimate of drug-likeness (QED) is 0.454. The van der Waals surface area contributed by atoms with Crippen LogP contribution in [-0.2, 0) is 4.74 Å². The number of allylic oxidation sites excluding steroid dienone is 3. The van der Waals surface area contributed by atoms with E-state index in [1.165, 1.54) is 16.7 Å². The summed E-state index contributed by atoms with van der Waals surface area (Å²) in [4.78, 5) is 0. The highest BCUT2D eigenvalue weighted by Gasteiger charge is 2.36. The first-order valence-corrected chi connectivity index (χ1v) is 9.91. The third-order valence-electron chi connectivity index (χ3n) is 5.46. The molecule has 4 rings (SSSR count). The van der Waals surface area contributed by atoms with Crippen molar-refractivity contribution in [3.63, 3.8) is 0 Å². The van der Waals surface area contributed by atoms with Crippen molar-refractivity contribution in [3.8, 4) is 0 Å². The molecule has 0 spiro atoms. The van der Waals surface area contributed by atoms with Crippen LogP contribution in [0.3, 0.4) is 0 Å². The van der Waals surface area contributed by atoms with E-state index in [0.29, 0.717) is 0 Å². The molecule has 0 N–H and O–H groups in total. The Morgan fingerprint density at radius 3 is 1.64 bits per heavy atom. The molecule has 0 aliphatic heterocycles. The first-order chi connectivity index (χ1) is 13.8. The second-order valence-corrected chi connectivity index (χ2v) is 7.63. The summed E-state index contributed by atoms with van der Waals surface area (Å²) in [7, 11) is 0. The number of hydrogen-bond acceptors (Lipinski definition) is 1. The molecule has 0 saturated heterocycles. The van der Waals surface area contributed by atoms with Gasteiger partial charge in [-0.15, -0.1) is 0 Å².